The molecule has 1 saturated carbocycles. The quantitative estimate of drug-likeness (QED) is 0.387. The van der Waals surface area contributed by atoms with Crippen molar-refractivity contribution in [1.29, 1.82) is 5.39 Å². The third kappa shape index (κ3) is 3.80. The van der Waals surface area contributed by atoms with Crippen LogP contribution < -0.4 is 4.74 Å². The van der Waals surface area contributed by atoms with E-state index in [0.717, 1.165) is 12.8 Å². The number of hydrogen-bond acceptors (Lipinski definition) is 7. The summed E-state index contributed by atoms with van der Waals surface area (Å²) in [5.41, 5.74) is -0.401. The summed E-state index contributed by atoms with van der Waals surface area (Å²) in [5.74, 6) is -1.20. The normalized spacial score (nSPS) is 24.5. The van der Waals surface area contributed by atoms with E-state index >= 15 is 0 Å². The molecule has 2 atom stereocenters. The predicted octanol–water partition coefficient (Wildman–Crippen LogP) is 3.80. The molecule has 1 saturated heterocycles. The average molecular weight is 445 g/mol. The highest BCUT2D eigenvalue weighted by Gasteiger charge is 2.61. The van der Waals surface area contributed by atoms with Gasteiger partial charge in [0.2, 0.25) is 5.39 Å². The summed E-state index contributed by atoms with van der Waals surface area (Å²) in [6.07, 6.45) is 3.49. The summed E-state index contributed by atoms with van der Waals surface area (Å²) in [4.78, 5) is 18.2. The summed E-state index contributed by atoms with van der Waals surface area (Å²) < 4.78 is 22.2. The first-order valence-electron chi connectivity index (χ1n) is 10.4. The zero-order valence-electron chi connectivity index (χ0n) is 19.0. The molecule has 2 fully saturated rings. The van der Waals surface area contributed by atoms with Gasteiger partial charge in [-0.25, -0.2) is 0 Å². The van der Waals surface area contributed by atoms with Gasteiger partial charge in [0.1, 0.15) is 5.75 Å². The van der Waals surface area contributed by atoms with Crippen molar-refractivity contribution in [2.75, 3.05) is 41.0 Å². The molecule has 0 aromatic heterocycles. The second-order valence-corrected chi connectivity index (χ2v) is 8.28. The minimum Gasteiger partial charge on any atom is -0.497 e. The lowest BCUT2D eigenvalue weighted by Gasteiger charge is -2.44. The average Bonchev–Trinajstić information content (AvgIpc) is 3.39. The fraction of sp³-hybridized carbons (Fsp3) is 0.522. The van der Waals surface area contributed by atoms with Gasteiger partial charge in [0, 0.05) is 25.4 Å². The Bertz CT molecular complexity index is 963. The lowest BCUT2D eigenvalue weighted by molar-refractivity contribution is -0.224. The number of carbonyl (C=O) groups is 1. The van der Waals surface area contributed by atoms with Gasteiger partial charge in [-0.05, 0) is 30.5 Å². The maximum absolute atomic E-state index is 13.5. The summed E-state index contributed by atoms with van der Waals surface area (Å²) in [6, 6.07) is 4.68. The maximum Gasteiger partial charge on any atom is 0.471 e. The number of nitrogens with zero attached hydrogens (tertiary/aromatic N) is 3. The Balaban J connectivity index is 1.99. The Labute approximate surface area is 187 Å². The highest BCUT2D eigenvalue weighted by Crippen LogP contribution is 2.55. The highest BCUT2D eigenvalue weighted by atomic mass is 16.7. The molecule has 3 rings (SSSR count). The van der Waals surface area contributed by atoms with Crippen LogP contribution in [0, 0.1) is 16.7 Å². The highest BCUT2D eigenvalue weighted by molar-refractivity contribution is 6.00. The van der Waals surface area contributed by atoms with E-state index in [1.807, 2.05) is 6.08 Å². The first-order chi connectivity index (χ1) is 15.3. The van der Waals surface area contributed by atoms with Crippen LogP contribution in [0.4, 0.5) is 0 Å². The van der Waals surface area contributed by atoms with E-state index in [9.17, 15) is 15.3 Å². The molecule has 9 nitrogen and oxygen atoms in total. The molecule has 1 aliphatic carbocycles. The van der Waals surface area contributed by atoms with E-state index in [1.54, 1.807) is 24.1 Å². The fourth-order valence-electron chi connectivity index (χ4n) is 4.89. The molecule has 1 heterocycles. The van der Waals surface area contributed by atoms with Gasteiger partial charge < -0.3 is 29.0 Å². The van der Waals surface area contributed by atoms with Crippen LogP contribution in [0.1, 0.15) is 35.7 Å². The Kier molecular flexibility index (Phi) is 6.77. The molecule has 9 heteroatoms. The number of rotatable bonds is 7. The number of ether oxygens (including phenoxy) is 4. The molecule has 1 aliphatic heterocycles. The second kappa shape index (κ2) is 9.18. The van der Waals surface area contributed by atoms with Crippen molar-refractivity contribution in [2.24, 2.45) is 11.3 Å². The van der Waals surface area contributed by atoms with E-state index in [4.69, 9.17) is 18.9 Å². The summed E-state index contributed by atoms with van der Waals surface area (Å²) in [7, 11) is 4.39. The molecule has 1 aromatic carbocycles. The van der Waals surface area contributed by atoms with Crippen LogP contribution in [0.15, 0.2) is 36.8 Å². The van der Waals surface area contributed by atoms with E-state index in [-0.39, 0.29) is 28.6 Å². The number of aliphatic hydroxyl groups is 1. The van der Waals surface area contributed by atoms with Crippen molar-refractivity contribution in [3.8, 4) is 5.75 Å². The maximum atomic E-state index is 13.5. The Morgan fingerprint density at radius 1 is 1.38 bits per heavy atom. The van der Waals surface area contributed by atoms with Crippen molar-refractivity contribution < 1.29 is 28.8 Å². The van der Waals surface area contributed by atoms with Gasteiger partial charge in [-0.1, -0.05) is 13.0 Å². The molecule has 0 unspecified atom stereocenters. The Morgan fingerprint density at radius 2 is 2.06 bits per heavy atom. The lowest BCUT2D eigenvalue weighted by Crippen LogP contribution is -2.52. The van der Waals surface area contributed by atoms with E-state index in [1.165, 1.54) is 20.3 Å². The van der Waals surface area contributed by atoms with Crippen LogP contribution >= 0.6 is 0 Å². The van der Waals surface area contributed by atoms with E-state index in [2.05, 4.69) is 18.5 Å². The number of benzene rings is 1. The summed E-state index contributed by atoms with van der Waals surface area (Å²) in [5, 5.41) is 19.5. The van der Waals surface area contributed by atoms with Crippen LogP contribution in [0.2, 0.25) is 0 Å². The number of hydrogen-bond donors (Lipinski definition) is 1. The first-order valence-corrected chi connectivity index (χ1v) is 10.4. The monoisotopic (exact) mass is 444 g/mol. The molecule has 172 valence electrons. The molecular weight excluding hydrogens is 414 g/mol. The van der Waals surface area contributed by atoms with Crippen LogP contribution in [-0.4, -0.2) is 62.7 Å². The van der Waals surface area contributed by atoms with Crippen molar-refractivity contribution in [2.45, 2.75) is 25.6 Å². The number of amides is 1. The number of methoxy groups -OCH3 is 2. The minimum atomic E-state index is -0.761. The van der Waals surface area contributed by atoms with Crippen molar-refractivity contribution in [1.82, 2.24) is 4.90 Å². The van der Waals surface area contributed by atoms with Gasteiger partial charge in [-0.2, -0.15) is 0 Å². The smallest absolute Gasteiger partial charge is 0.471 e. The number of diazo groups is 1. The van der Waals surface area contributed by atoms with Gasteiger partial charge >= 0.3 is 11.6 Å². The van der Waals surface area contributed by atoms with Gasteiger partial charge in [0.15, 0.2) is 10.8 Å². The molecule has 2 aliphatic rings. The summed E-state index contributed by atoms with van der Waals surface area (Å²) >= 11 is 0. The van der Waals surface area contributed by atoms with Crippen molar-refractivity contribution in [3.05, 3.63) is 52.9 Å². The summed E-state index contributed by atoms with van der Waals surface area (Å²) in [6.45, 7) is 7.42. The van der Waals surface area contributed by atoms with Gasteiger partial charge in [-0.15, -0.1) is 6.58 Å². The van der Waals surface area contributed by atoms with Gasteiger partial charge in [-0.3, -0.25) is 4.79 Å². The SMILES string of the molecule is C=C[C@@H]1CCC2(OCCO2)[C@@]1(C)CN(C)C(=O)c1ccc(OC)cc1/C([N+]#N)=C(/O)OC. The zero-order valence-corrected chi connectivity index (χ0v) is 19.0. The van der Waals surface area contributed by atoms with E-state index in [0.29, 0.717) is 25.5 Å². The third-order valence-electron chi connectivity index (χ3n) is 6.63. The molecule has 1 N–H and O–H groups in total. The van der Waals surface area contributed by atoms with Crippen LogP contribution in [0.3, 0.4) is 0 Å². The topological polar surface area (TPSA) is 106 Å². The fourth-order valence-corrected chi connectivity index (χ4v) is 4.89. The van der Waals surface area contributed by atoms with Crippen LogP contribution in [0.25, 0.3) is 10.7 Å². The number of aliphatic hydroxyl groups excluding tert-OH is 1. The lowest BCUT2D eigenvalue weighted by atomic mass is 9.75. The Morgan fingerprint density at radius 3 is 2.62 bits per heavy atom. The van der Waals surface area contributed by atoms with Crippen molar-refractivity contribution in [3.63, 3.8) is 0 Å². The van der Waals surface area contributed by atoms with E-state index < -0.39 is 17.1 Å². The van der Waals surface area contributed by atoms with Gasteiger partial charge in [0.25, 0.3) is 5.91 Å². The van der Waals surface area contributed by atoms with Crippen molar-refractivity contribution >= 4 is 11.6 Å². The zero-order chi connectivity index (χ0) is 23.5. The number of carbonyl (C=O) groups excluding carboxylic acids is 1. The minimum absolute atomic E-state index is 0.103. The first kappa shape index (κ1) is 23.6. The standard InChI is InChI=1S/C23H29N3O6/c1-6-15-9-10-23(31-11-12-32-23)22(15,2)14-26(3)20(27)17-8-7-16(29-4)13-18(17)19(25-24)21(28)30-5/h6-8,13,15H,1,9-12,14H2,2-5H3/p+1/t15-,22+/m1/s1. The molecule has 1 spiro atoms. The molecular formula is C23H30N3O6+. The Hall–Kier alpha value is -3.09. The predicted molar refractivity (Wildman–Crippen MR) is 117 cm³/mol. The van der Waals surface area contributed by atoms with Gasteiger partial charge in [0.05, 0.1) is 38.6 Å². The molecule has 1 amide bonds. The van der Waals surface area contributed by atoms with Crippen LogP contribution in [-0.2, 0) is 14.2 Å². The number of allylic oxidation sites excluding steroid dienone is 1. The second-order valence-electron chi connectivity index (χ2n) is 8.28. The largest absolute Gasteiger partial charge is 0.497 e. The third-order valence-corrected chi connectivity index (χ3v) is 6.63. The molecule has 0 radical (unpaired) electrons. The molecule has 1 aromatic rings. The molecule has 32 heavy (non-hydrogen) atoms. The van der Waals surface area contributed by atoms with Crippen LogP contribution in [0.5, 0.6) is 5.75 Å². The molecule has 0 bridgehead atoms.